The average molecular weight is 259 g/mol. The number of nitro benzene ring substituents is 1. The second-order valence-corrected chi connectivity index (χ2v) is 2.86. The Bertz CT molecular complexity index is 383. The summed E-state index contributed by atoms with van der Waals surface area (Å²) in [4.78, 5) is 9.56. The standard InChI is InChI=1S/C6H4NO2.K.H2O4S/c8-7(9)6-4-2-1-3-5-6;;1-5(2,3)4/h2-5H;;(H2,1,2,3,4)/q-1;+1;. The van der Waals surface area contributed by atoms with Gasteiger partial charge < -0.3 is 0 Å². The van der Waals surface area contributed by atoms with Crippen LogP contribution in [-0.4, -0.2) is 22.4 Å². The minimum Gasteiger partial charge on any atom is -0.264 e. The van der Waals surface area contributed by atoms with Gasteiger partial charge in [-0.2, -0.15) is 26.6 Å². The van der Waals surface area contributed by atoms with Crippen LogP contribution in [0.4, 0.5) is 5.69 Å². The average Bonchev–Trinajstić information content (AvgIpc) is 2.03. The van der Waals surface area contributed by atoms with Crippen LogP contribution in [-0.2, 0) is 10.4 Å². The smallest absolute Gasteiger partial charge is 0.264 e. The molecule has 0 atom stereocenters. The molecule has 0 fully saturated rings. The maximum absolute atomic E-state index is 9.99. The first-order valence-electron chi connectivity index (χ1n) is 3.11. The van der Waals surface area contributed by atoms with E-state index in [1.165, 1.54) is 24.3 Å². The molecule has 1 rings (SSSR count). The Labute approximate surface area is 129 Å². The number of non-ortho nitro benzene ring substituents is 1. The van der Waals surface area contributed by atoms with Crippen molar-refractivity contribution in [1.29, 1.82) is 0 Å². The molecule has 78 valence electrons. The molecule has 0 radical (unpaired) electrons. The molecule has 0 heterocycles. The van der Waals surface area contributed by atoms with Crippen molar-refractivity contribution in [1.82, 2.24) is 0 Å². The van der Waals surface area contributed by atoms with Crippen molar-refractivity contribution < 1.29 is 73.8 Å². The first-order valence-corrected chi connectivity index (χ1v) is 4.51. The Morgan fingerprint density at radius 3 is 1.80 bits per heavy atom. The van der Waals surface area contributed by atoms with E-state index in [2.05, 4.69) is 6.07 Å². The Morgan fingerprint density at radius 1 is 1.27 bits per heavy atom. The molecule has 0 bridgehead atoms. The van der Waals surface area contributed by atoms with Gasteiger partial charge in [0.25, 0.3) is 0 Å². The maximum atomic E-state index is 9.99. The summed E-state index contributed by atoms with van der Waals surface area (Å²) in [5, 5.41) is 9.99. The molecule has 1 aromatic carbocycles. The van der Waals surface area contributed by atoms with Crippen molar-refractivity contribution in [2.24, 2.45) is 0 Å². The minimum absolute atomic E-state index is 0. The Hall–Kier alpha value is 0.126. The van der Waals surface area contributed by atoms with Crippen LogP contribution in [0.3, 0.4) is 0 Å². The summed E-state index contributed by atoms with van der Waals surface area (Å²) in [6.45, 7) is 0. The quantitative estimate of drug-likeness (QED) is 0.193. The van der Waals surface area contributed by atoms with Crippen LogP contribution in [0.25, 0.3) is 0 Å². The molecular weight excluding hydrogens is 253 g/mol. The largest absolute Gasteiger partial charge is 1.00 e. The van der Waals surface area contributed by atoms with Gasteiger partial charge in [-0.3, -0.25) is 19.2 Å². The van der Waals surface area contributed by atoms with Gasteiger partial charge in [0.1, 0.15) is 0 Å². The number of benzene rings is 1. The minimum atomic E-state index is -4.67. The zero-order valence-corrected chi connectivity index (χ0v) is 11.6. The summed E-state index contributed by atoms with van der Waals surface area (Å²) in [7, 11) is -4.67. The van der Waals surface area contributed by atoms with Crippen LogP contribution in [0, 0.1) is 16.2 Å². The molecule has 0 spiro atoms. The maximum Gasteiger partial charge on any atom is 1.00 e. The van der Waals surface area contributed by atoms with E-state index in [1.807, 2.05) is 0 Å². The van der Waals surface area contributed by atoms with E-state index in [0.717, 1.165) is 0 Å². The molecule has 2 N–H and O–H groups in total. The number of hydrogen-bond donors (Lipinski definition) is 2. The van der Waals surface area contributed by atoms with Gasteiger partial charge in [-0.05, 0) is 0 Å². The van der Waals surface area contributed by atoms with E-state index in [0.29, 0.717) is 0 Å². The topological polar surface area (TPSA) is 118 Å². The number of nitro groups is 1. The number of hydrogen-bond acceptors (Lipinski definition) is 4. The molecule has 0 aliphatic heterocycles. The zero-order valence-electron chi connectivity index (χ0n) is 7.69. The first-order chi connectivity index (χ1) is 6.30. The second kappa shape index (κ2) is 8.30. The van der Waals surface area contributed by atoms with Crippen LogP contribution in [0.1, 0.15) is 0 Å². The van der Waals surface area contributed by atoms with Crippen LogP contribution in [0.5, 0.6) is 0 Å². The monoisotopic (exact) mass is 259 g/mol. The van der Waals surface area contributed by atoms with Crippen molar-refractivity contribution >= 4 is 16.1 Å². The summed E-state index contributed by atoms with van der Waals surface area (Å²) >= 11 is 0. The first kappa shape index (κ1) is 17.5. The molecule has 0 saturated carbocycles. The molecule has 0 aromatic heterocycles. The van der Waals surface area contributed by atoms with Crippen molar-refractivity contribution in [2.45, 2.75) is 0 Å². The second-order valence-electron chi connectivity index (χ2n) is 1.96. The van der Waals surface area contributed by atoms with Gasteiger partial charge in [0.2, 0.25) is 0 Å². The van der Waals surface area contributed by atoms with E-state index in [-0.39, 0.29) is 57.1 Å². The Morgan fingerprint density at radius 2 is 1.60 bits per heavy atom. The fourth-order valence-electron chi connectivity index (χ4n) is 0.500. The SMILES string of the molecule is O=S(=O)(O)O.O=[N+]([O-])c1cc[c-]cc1.[K+]. The van der Waals surface area contributed by atoms with Crippen molar-refractivity contribution in [2.75, 3.05) is 0 Å². The third-order valence-corrected chi connectivity index (χ3v) is 0.911. The van der Waals surface area contributed by atoms with Crippen LogP contribution in [0.2, 0.25) is 0 Å². The van der Waals surface area contributed by atoms with E-state index in [9.17, 15) is 10.1 Å². The molecule has 15 heavy (non-hydrogen) atoms. The van der Waals surface area contributed by atoms with Crippen molar-refractivity contribution in [3.8, 4) is 0 Å². The Kier molecular flexibility index (Phi) is 9.69. The summed E-state index contributed by atoms with van der Waals surface area (Å²) in [6, 6.07) is 8.51. The van der Waals surface area contributed by atoms with Gasteiger partial charge in [0, 0.05) is 4.92 Å². The van der Waals surface area contributed by atoms with Crippen LogP contribution < -0.4 is 51.4 Å². The molecule has 0 saturated heterocycles. The molecular formula is C6H6KNO6S. The van der Waals surface area contributed by atoms with Gasteiger partial charge in [-0.15, -0.1) is 0 Å². The zero-order chi connectivity index (χ0) is 11.2. The summed E-state index contributed by atoms with van der Waals surface area (Å²) in [5.41, 5.74) is 0.105. The van der Waals surface area contributed by atoms with E-state index in [1.54, 1.807) is 0 Å². The third kappa shape index (κ3) is 14.1. The molecule has 9 heteroatoms. The van der Waals surface area contributed by atoms with Crippen LogP contribution >= 0.6 is 0 Å². The Balaban J connectivity index is 0. The molecule has 0 aliphatic carbocycles. The van der Waals surface area contributed by atoms with Gasteiger partial charge in [-0.25, -0.2) is 0 Å². The van der Waals surface area contributed by atoms with E-state index < -0.39 is 15.3 Å². The summed E-state index contributed by atoms with van der Waals surface area (Å²) in [5.74, 6) is 0. The van der Waals surface area contributed by atoms with E-state index in [4.69, 9.17) is 17.5 Å². The molecule has 0 aliphatic rings. The number of rotatable bonds is 1. The van der Waals surface area contributed by atoms with E-state index >= 15 is 0 Å². The normalized spacial score (nSPS) is 9.20. The predicted molar refractivity (Wildman–Crippen MR) is 46.1 cm³/mol. The molecule has 1 aromatic rings. The summed E-state index contributed by atoms with van der Waals surface area (Å²) < 4.78 is 31.6. The fourth-order valence-corrected chi connectivity index (χ4v) is 0.500. The number of nitrogens with zero attached hydrogens (tertiary/aromatic N) is 1. The summed E-state index contributed by atoms with van der Waals surface area (Å²) in [6.07, 6.45) is 0. The molecule has 0 amide bonds. The fraction of sp³-hybridized carbons (Fsp3) is 0. The van der Waals surface area contributed by atoms with Crippen LogP contribution in [0.15, 0.2) is 24.3 Å². The van der Waals surface area contributed by atoms with Gasteiger partial charge in [0.05, 0.1) is 0 Å². The molecule has 7 nitrogen and oxygen atoms in total. The molecule has 0 unspecified atom stereocenters. The van der Waals surface area contributed by atoms with Crippen molar-refractivity contribution in [3.05, 3.63) is 40.4 Å². The van der Waals surface area contributed by atoms with Crippen molar-refractivity contribution in [3.63, 3.8) is 0 Å². The van der Waals surface area contributed by atoms with Gasteiger partial charge in [0.15, 0.2) is 5.69 Å². The predicted octanol–water partition coefficient (Wildman–Crippen LogP) is -2.25. The van der Waals surface area contributed by atoms with Gasteiger partial charge >= 0.3 is 61.8 Å². The third-order valence-electron chi connectivity index (χ3n) is 0.911. The van der Waals surface area contributed by atoms with Gasteiger partial charge in [-0.1, -0.05) is 12.1 Å².